The molecule has 3 rings (SSSR count). The van der Waals surface area contributed by atoms with Gasteiger partial charge in [-0.15, -0.1) is 0 Å². The Morgan fingerprint density at radius 1 is 0.962 bits per heavy atom. The fourth-order valence-corrected chi connectivity index (χ4v) is 3.01. The van der Waals surface area contributed by atoms with E-state index in [2.05, 4.69) is 0 Å². The summed E-state index contributed by atoms with van der Waals surface area (Å²) in [6.07, 6.45) is -0.386. The number of carbonyl (C=O) groups excluding carboxylic acids is 1. The first-order valence-electron chi connectivity index (χ1n) is 8.68. The van der Waals surface area contributed by atoms with Gasteiger partial charge in [-0.3, -0.25) is 4.79 Å². The van der Waals surface area contributed by atoms with E-state index in [4.69, 9.17) is 0 Å². The van der Waals surface area contributed by atoms with Crippen molar-refractivity contribution in [2.24, 2.45) is 0 Å². The molecule has 0 bridgehead atoms. The fourth-order valence-electron chi connectivity index (χ4n) is 3.01. The van der Waals surface area contributed by atoms with Crippen LogP contribution in [0, 0.1) is 12.7 Å². The van der Waals surface area contributed by atoms with Gasteiger partial charge in [-0.05, 0) is 47.7 Å². The van der Waals surface area contributed by atoms with E-state index < -0.39 is 11.9 Å². The molecule has 0 aromatic heterocycles. The standard InChI is InChI=1S/C23H21FO2/c1-16-14-19(17-8-4-2-5-9-17)15-20(23(16)24)22(26)13-12-21(25)18-10-6-3-7-11-18/h2-11,14-15,21,25H,12-13H2,1H3. The third kappa shape index (κ3) is 4.06. The molecule has 1 N–H and O–H groups in total. The summed E-state index contributed by atoms with van der Waals surface area (Å²) in [7, 11) is 0. The number of hydrogen-bond donors (Lipinski definition) is 1. The van der Waals surface area contributed by atoms with E-state index in [-0.39, 0.29) is 24.2 Å². The maximum absolute atomic E-state index is 14.5. The molecule has 0 saturated heterocycles. The van der Waals surface area contributed by atoms with Crippen molar-refractivity contribution in [3.63, 3.8) is 0 Å². The van der Waals surface area contributed by atoms with Gasteiger partial charge in [0.2, 0.25) is 0 Å². The highest BCUT2D eigenvalue weighted by Crippen LogP contribution is 2.27. The Kier molecular flexibility index (Phi) is 5.59. The molecule has 0 spiro atoms. The minimum atomic E-state index is -0.735. The molecule has 0 amide bonds. The van der Waals surface area contributed by atoms with Crippen LogP contribution < -0.4 is 0 Å². The molecule has 0 radical (unpaired) electrons. The van der Waals surface area contributed by atoms with Gasteiger partial charge in [0.1, 0.15) is 5.82 Å². The van der Waals surface area contributed by atoms with Crippen LogP contribution in [0.3, 0.4) is 0 Å². The molecule has 3 heteroatoms. The first-order valence-corrected chi connectivity index (χ1v) is 8.68. The van der Waals surface area contributed by atoms with E-state index in [0.717, 1.165) is 16.7 Å². The summed E-state index contributed by atoms with van der Waals surface area (Å²) >= 11 is 0. The zero-order valence-electron chi connectivity index (χ0n) is 14.7. The van der Waals surface area contributed by atoms with Gasteiger partial charge in [0.15, 0.2) is 5.78 Å². The van der Waals surface area contributed by atoms with Gasteiger partial charge < -0.3 is 5.11 Å². The number of rotatable bonds is 6. The quantitative estimate of drug-likeness (QED) is 0.597. The average Bonchev–Trinajstić information content (AvgIpc) is 2.69. The maximum Gasteiger partial charge on any atom is 0.165 e. The number of benzene rings is 3. The second-order valence-electron chi connectivity index (χ2n) is 6.41. The van der Waals surface area contributed by atoms with Crippen LogP contribution in [-0.4, -0.2) is 10.9 Å². The SMILES string of the molecule is Cc1cc(-c2ccccc2)cc(C(=O)CCC(O)c2ccccc2)c1F. The zero-order chi connectivity index (χ0) is 18.5. The molecule has 0 heterocycles. The van der Waals surface area contributed by atoms with Crippen LogP contribution in [0.4, 0.5) is 4.39 Å². The Morgan fingerprint density at radius 3 is 2.23 bits per heavy atom. The third-order valence-corrected chi connectivity index (χ3v) is 4.49. The Morgan fingerprint density at radius 2 is 1.58 bits per heavy atom. The molecule has 132 valence electrons. The fraction of sp³-hybridized carbons (Fsp3) is 0.174. The molecule has 1 unspecified atom stereocenters. The third-order valence-electron chi connectivity index (χ3n) is 4.49. The van der Waals surface area contributed by atoms with Crippen molar-refractivity contribution in [3.05, 3.63) is 95.3 Å². The largest absolute Gasteiger partial charge is 0.388 e. The van der Waals surface area contributed by atoms with Gasteiger partial charge in [0.25, 0.3) is 0 Å². The smallest absolute Gasteiger partial charge is 0.165 e. The lowest BCUT2D eigenvalue weighted by Gasteiger charge is -2.12. The van der Waals surface area contributed by atoms with Crippen LogP contribution in [0.15, 0.2) is 72.8 Å². The summed E-state index contributed by atoms with van der Waals surface area (Å²) in [5.74, 6) is -0.776. The van der Waals surface area contributed by atoms with Crippen molar-refractivity contribution in [2.45, 2.75) is 25.9 Å². The number of Topliss-reactive ketones (excluding diaryl/α,β-unsaturated/α-hetero) is 1. The van der Waals surface area contributed by atoms with Gasteiger partial charge in [-0.2, -0.15) is 0 Å². The van der Waals surface area contributed by atoms with E-state index in [1.807, 2.05) is 60.7 Å². The van der Waals surface area contributed by atoms with Crippen LogP contribution in [0.1, 0.15) is 40.4 Å². The Balaban J connectivity index is 1.79. The molecule has 0 aliphatic rings. The van der Waals surface area contributed by atoms with Crippen molar-refractivity contribution in [1.29, 1.82) is 0 Å². The predicted octanol–water partition coefficient (Wildman–Crippen LogP) is 5.50. The van der Waals surface area contributed by atoms with Gasteiger partial charge in [0, 0.05) is 6.42 Å². The van der Waals surface area contributed by atoms with Crippen LogP contribution >= 0.6 is 0 Å². The van der Waals surface area contributed by atoms with Crippen LogP contribution in [0.5, 0.6) is 0 Å². The molecular weight excluding hydrogens is 327 g/mol. The highest BCUT2D eigenvalue weighted by Gasteiger charge is 2.17. The minimum Gasteiger partial charge on any atom is -0.388 e. The molecule has 0 aliphatic heterocycles. The lowest BCUT2D eigenvalue weighted by atomic mass is 9.95. The predicted molar refractivity (Wildman–Crippen MR) is 102 cm³/mol. The highest BCUT2D eigenvalue weighted by molar-refractivity contribution is 5.97. The monoisotopic (exact) mass is 348 g/mol. The summed E-state index contributed by atoms with van der Waals surface area (Å²) in [5.41, 5.74) is 3.04. The second-order valence-corrected chi connectivity index (χ2v) is 6.41. The number of halogens is 1. The van der Waals surface area contributed by atoms with Crippen molar-refractivity contribution in [3.8, 4) is 11.1 Å². The maximum atomic E-state index is 14.5. The molecule has 0 fully saturated rings. The number of aryl methyl sites for hydroxylation is 1. The Hall–Kier alpha value is -2.78. The van der Waals surface area contributed by atoms with Crippen LogP contribution in [-0.2, 0) is 0 Å². The zero-order valence-corrected chi connectivity index (χ0v) is 14.7. The number of aliphatic hydroxyl groups excluding tert-OH is 1. The highest BCUT2D eigenvalue weighted by atomic mass is 19.1. The van der Waals surface area contributed by atoms with Crippen LogP contribution in [0.25, 0.3) is 11.1 Å². The van der Waals surface area contributed by atoms with Gasteiger partial charge in [-0.25, -0.2) is 4.39 Å². The lowest BCUT2D eigenvalue weighted by molar-refractivity contribution is 0.0936. The summed E-state index contributed by atoms with van der Waals surface area (Å²) in [6, 6.07) is 22.1. The number of aliphatic hydroxyl groups is 1. The van der Waals surface area contributed by atoms with E-state index in [9.17, 15) is 14.3 Å². The van der Waals surface area contributed by atoms with E-state index >= 15 is 0 Å². The summed E-state index contributed by atoms with van der Waals surface area (Å²) < 4.78 is 14.5. The normalized spacial score (nSPS) is 12.0. The molecule has 0 aliphatic carbocycles. The van der Waals surface area contributed by atoms with Gasteiger partial charge >= 0.3 is 0 Å². The molecule has 3 aromatic rings. The summed E-state index contributed by atoms with van der Waals surface area (Å²) in [5, 5.41) is 10.2. The summed E-state index contributed by atoms with van der Waals surface area (Å²) in [6.45, 7) is 1.66. The van der Waals surface area contributed by atoms with Gasteiger partial charge in [0.05, 0.1) is 11.7 Å². The number of hydrogen-bond acceptors (Lipinski definition) is 2. The Labute approximate surface area is 152 Å². The minimum absolute atomic E-state index is 0.0871. The van der Waals surface area contributed by atoms with E-state index in [0.29, 0.717) is 5.56 Å². The first kappa shape index (κ1) is 18.0. The molecular formula is C23H21FO2. The van der Waals surface area contributed by atoms with Gasteiger partial charge in [-0.1, -0.05) is 60.7 Å². The second kappa shape index (κ2) is 8.07. The Bertz CT molecular complexity index is 889. The summed E-state index contributed by atoms with van der Waals surface area (Å²) in [4.78, 5) is 12.6. The topological polar surface area (TPSA) is 37.3 Å². The van der Waals surface area contributed by atoms with Crippen molar-refractivity contribution in [1.82, 2.24) is 0 Å². The van der Waals surface area contributed by atoms with Crippen molar-refractivity contribution >= 4 is 5.78 Å². The molecule has 0 saturated carbocycles. The van der Waals surface area contributed by atoms with E-state index in [1.165, 1.54) is 0 Å². The number of carbonyl (C=O) groups is 1. The van der Waals surface area contributed by atoms with Crippen LogP contribution in [0.2, 0.25) is 0 Å². The number of ketones is 1. The van der Waals surface area contributed by atoms with E-state index in [1.54, 1.807) is 19.1 Å². The molecule has 1 atom stereocenters. The molecule has 2 nitrogen and oxygen atoms in total. The van der Waals surface area contributed by atoms with Crippen molar-refractivity contribution < 1.29 is 14.3 Å². The molecule has 3 aromatic carbocycles. The first-order chi connectivity index (χ1) is 12.6. The lowest BCUT2D eigenvalue weighted by Crippen LogP contribution is -2.07. The average molecular weight is 348 g/mol. The molecule has 26 heavy (non-hydrogen) atoms. The van der Waals surface area contributed by atoms with Crippen molar-refractivity contribution in [2.75, 3.05) is 0 Å².